The molecule has 170 valence electrons. The lowest BCUT2D eigenvalue weighted by atomic mass is 10.0. The molecule has 2 fully saturated rings. The maximum Gasteiger partial charge on any atom is 0.253 e. The van der Waals surface area contributed by atoms with Crippen molar-refractivity contribution in [1.29, 1.82) is 0 Å². The van der Waals surface area contributed by atoms with Crippen molar-refractivity contribution in [3.63, 3.8) is 0 Å². The average Bonchev–Trinajstić information content (AvgIpc) is 3.35. The third-order valence-electron chi connectivity index (χ3n) is 6.67. The van der Waals surface area contributed by atoms with E-state index in [0.29, 0.717) is 23.8 Å². The zero-order chi connectivity index (χ0) is 22.3. The number of anilines is 1. The minimum absolute atomic E-state index is 0.0685. The van der Waals surface area contributed by atoms with Gasteiger partial charge in [-0.3, -0.25) is 14.5 Å². The Morgan fingerprint density at radius 2 is 1.59 bits per heavy atom. The maximum atomic E-state index is 12.9. The second-order valence-electron chi connectivity index (χ2n) is 8.95. The van der Waals surface area contributed by atoms with E-state index >= 15 is 0 Å². The fraction of sp³-hybridized carbons (Fsp3) is 0.462. The van der Waals surface area contributed by atoms with E-state index in [1.165, 1.54) is 25.9 Å². The molecule has 0 saturated carbocycles. The minimum atomic E-state index is -0.191. The third-order valence-corrected chi connectivity index (χ3v) is 6.67. The van der Waals surface area contributed by atoms with Crippen LogP contribution in [-0.2, 0) is 4.79 Å². The molecule has 2 aromatic carbocycles. The Morgan fingerprint density at radius 3 is 2.31 bits per heavy atom. The van der Waals surface area contributed by atoms with Crippen LogP contribution >= 0.6 is 0 Å². The standard InChI is InChI=1S/C26H34N4O2/c1-20(21-9-3-2-4-10-21)27-26(32)23-11-5-6-12-24(23)28-25(31)19-29-17-13-22(14-18-29)30-15-7-8-16-30/h2-6,9-12,20,22H,7-8,13-19H2,1H3,(H,27,32)(H,28,31). The van der Waals surface area contributed by atoms with Crippen LogP contribution < -0.4 is 10.6 Å². The molecule has 2 aliphatic rings. The van der Waals surface area contributed by atoms with Crippen LogP contribution in [0.4, 0.5) is 5.69 Å². The molecule has 2 N–H and O–H groups in total. The van der Waals surface area contributed by atoms with Crippen LogP contribution in [-0.4, -0.2) is 60.4 Å². The van der Waals surface area contributed by atoms with Gasteiger partial charge < -0.3 is 15.5 Å². The number of rotatable bonds is 7. The lowest BCUT2D eigenvalue weighted by molar-refractivity contribution is -0.117. The van der Waals surface area contributed by atoms with Crippen molar-refractivity contribution in [1.82, 2.24) is 15.1 Å². The number of likely N-dealkylation sites (tertiary alicyclic amines) is 2. The summed E-state index contributed by atoms with van der Waals surface area (Å²) in [6.45, 7) is 6.68. The van der Waals surface area contributed by atoms with Gasteiger partial charge in [-0.15, -0.1) is 0 Å². The summed E-state index contributed by atoms with van der Waals surface area (Å²) < 4.78 is 0. The molecule has 0 radical (unpaired) electrons. The highest BCUT2D eigenvalue weighted by atomic mass is 16.2. The summed E-state index contributed by atoms with van der Waals surface area (Å²) in [6.07, 6.45) is 4.90. The molecule has 32 heavy (non-hydrogen) atoms. The summed E-state index contributed by atoms with van der Waals surface area (Å²) in [5, 5.41) is 6.00. The molecular weight excluding hydrogens is 400 g/mol. The Labute approximate surface area is 191 Å². The quantitative estimate of drug-likeness (QED) is 0.698. The van der Waals surface area contributed by atoms with E-state index in [4.69, 9.17) is 0 Å². The van der Waals surface area contributed by atoms with Crippen molar-refractivity contribution >= 4 is 17.5 Å². The number of nitrogens with zero attached hydrogens (tertiary/aromatic N) is 2. The summed E-state index contributed by atoms with van der Waals surface area (Å²) in [7, 11) is 0. The molecule has 2 amide bonds. The second kappa shape index (κ2) is 10.7. The van der Waals surface area contributed by atoms with Gasteiger partial charge in [0.15, 0.2) is 0 Å². The Balaban J connectivity index is 1.30. The van der Waals surface area contributed by atoms with Crippen molar-refractivity contribution in [2.24, 2.45) is 0 Å². The molecule has 0 spiro atoms. The van der Waals surface area contributed by atoms with Gasteiger partial charge in [0.25, 0.3) is 5.91 Å². The lowest BCUT2D eigenvalue weighted by Gasteiger charge is -2.36. The number of amides is 2. The Bertz CT molecular complexity index is 903. The molecule has 0 aliphatic carbocycles. The van der Waals surface area contributed by atoms with Gasteiger partial charge in [-0.25, -0.2) is 0 Å². The first-order valence-electron chi connectivity index (χ1n) is 11.8. The molecule has 2 aromatic rings. The molecule has 0 aromatic heterocycles. The van der Waals surface area contributed by atoms with E-state index in [1.807, 2.05) is 49.4 Å². The number of para-hydroxylation sites is 1. The van der Waals surface area contributed by atoms with Gasteiger partial charge in [-0.05, 0) is 63.4 Å². The van der Waals surface area contributed by atoms with Gasteiger partial charge in [-0.2, -0.15) is 0 Å². The summed E-state index contributed by atoms with van der Waals surface area (Å²) in [6, 6.07) is 17.6. The number of carbonyl (C=O) groups is 2. The summed E-state index contributed by atoms with van der Waals surface area (Å²) in [5.74, 6) is -0.260. The monoisotopic (exact) mass is 434 g/mol. The largest absolute Gasteiger partial charge is 0.345 e. The first-order valence-corrected chi connectivity index (χ1v) is 11.8. The zero-order valence-electron chi connectivity index (χ0n) is 18.9. The van der Waals surface area contributed by atoms with Crippen LogP contribution in [0.25, 0.3) is 0 Å². The van der Waals surface area contributed by atoms with Gasteiger partial charge in [0.05, 0.1) is 23.8 Å². The van der Waals surface area contributed by atoms with Crippen molar-refractivity contribution < 1.29 is 9.59 Å². The smallest absolute Gasteiger partial charge is 0.253 e. The van der Waals surface area contributed by atoms with Crippen LogP contribution in [0.2, 0.25) is 0 Å². The van der Waals surface area contributed by atoms with E-state index in [2.05, 4.69) is 20.4 Å². The highest BCUT2D eigenvalue weighted by Crippen LogP contribution is 2.22. The summed E-state index contributed by atoms with van der Waals surface area (Å²) >= 11 is 0. The van der Waals surface area contributed by atoms with E-state index < -0.39 is 0 Å². The number of hydrogen-bond acceptors (Lipinski definition) is 4. The van der Waals surface area contributed by atoms with Gasteiger partial charge in [0, 0.05) is 19.1 Å². The van der Waals surface area contributed by atoms with E-state index in [9.17, 15) is 9.59 Å². The predicted molar refractivity (Wildman–Crippen MR) is 128 cm³/mol. The first kappa shape index (κ1) is 22.5. The van der Waals surface area contributed by atoms with Crippen molar-refractivity contribution in [3.05, 3.63) is 65.7 Å². The summed E-state index contributed by atoms with van der Waals surface area (Å²) in [4.78, 5) is 30.5. The zero-order valence-corrected chi connectivity index (χ0v) is 18.9. The van der Waals surface area contributed by atoms with Crippen LogP contribution in [0, 0.1) is 0 Å². The second-order valence-corrected chi connectivity index (χ2v) is 8.95. The van der Waals surface area contributed by atoms with E-state index in [0.717, 1.165) is 31.5 Å². The van der Waals surface area contributed by atoms with Crippen molar-refractivity contribution in [2.75, 3.05) is 38.0 Å². The van der Waals surface area contributed by atoms with E-state index in [1.54, 1.807) is 12.1 Å². The van der Waals surface area contributed by atoms with Crippen molar-refractivity contribution in [2.45, 2.75) is 44.7 Å². The van der Waals surface area contributed by atoms with Gasteiger partial charge in [0.1, 0.15) is 0 Å². The molecule has 2 saturated heterocycles. The highest BCUT2D eigenvalue weighted by molar-refractivity contribution is 6.04. The fourth-order valence-corrected chi connectivity index (χ4v) is 4.83. The Morgan fingerprint density at radius 1 is 0.938 bits per heavy atom. The van der Waals surface area contributed by atoms with E-state index in [-0.39, 0.29) is 17.9 Å². The molecule has 6 nitrogen and oxygen atoms in total. The average molecular weight is 435 g/mol. The molecule has 0 bridgehead atoms. The SMILES string of the molecule is CC(NC(=O)c1ccccc1NC(=O)CN1CCC(N2CCCC2)CC1)c1ccccc1. The number of carbonyl (C=O) groups excluding carboxylic acids is 2. The predicted octanol–water partition coefficient (Wildman–Crippen LogP) is 3.68. The van der Waals surface area contributed by atoms with Crippen LogP contribution in [0.1, 0.15) is 54.6 Å². The number of benzene rings is 2. The Kier molecular flexibility index (Phi) is 7.55. The Hall–Kier alpha value is -2.70. The van der Waals surface area contributed by atoms with Crippen LogP contribution in [0.15, 0.2) is 54.6 Å². The minimum Gasteiger partial charge on any atom is -0.345 e. The number of hydrogen-bond donors (Lipinski definition) is 2. The molecule has 2 aliphatic heterocycles. The molecule has 6 heteroatoms. The molecular formula is C26H34N4O2. The van der Waals surface area contributed by atoms with Gasteiger partial charge in [0.2, 0.25) is 5.91 Å². The van der Waals surface area contributed by atoms with Gasteiger partial charge >= 0.3 is 0 Å². The molecule has 2 heterocycles. The lowest BCUT2D eigenvalue weighted by Crippen LogP contribution is -2.46. The van der Waals surface area contributed by atoms with Crippen LogP contribution in [0.5, 0.6) is 0 Å². The summed E-state index contributed by atoms with van der Waals surface area (Å²) in [5.41, 5.74) is 2.08. The number of piperidine rings is 1. The van der Waals surface area contributed by atoms with Crippen LogP contribution in [0.3, 0.4) is 0 Å². The highest BCUT2D eigenvalue weighted by Gasteiger charge is 2.27. The normalized spacial score (nSPS) is 18.9. The third kappa shape index (κ3) is 5.75. The fourth-order valence-electron chi connectivity index (χ4n) is 4.83. The molecule has 4 rings (SSSR count). The van der Waals surface area contributed by atoms with Crippen molar-refractivity contribution in [3.8, 4) is 0 Å². The molecule has 1 unspecified atom stereocenters. The maximum absolute atomic E-state index is 12.9. The number of nitrogens with one attached hydrogen (secondary N) is 2. The first-order chi connectivity index (χ1) is 15.6. The molecule has 1 atom stereocenters. The van der Waals surface area contributed by atoms with Gasteiger partial charge in [-0.1, -0.05) is 42.5 Å². The topological polar surface area (TPSA) is 64.7 Å².